The fourth-order valence-electron chi connectivity index (χ4n) is 3.54. The third-order valence-electron chi connectivity index (χ3n) is 7.75. The van der Waals surface area contributed by atoms with Crippen molar-refractivity contribution in [1.82, 2.24) is 0 Å². The summed E-state index contributed by atoms with van der Waals surface area (Å²) < 4.78 is 26.0. The molecule has 1 saturated carbocycles. The number of rotatable bonds is 6. The molecule has 0 amide bonds. The molecule has 1 unspecified atom stereocenters. The lowest BCUT2D eigenvalue weighted by Gasteiger charge is -2.47. The van der Waals surface area contributed by atoms with Gasteiger partial charge in [0.05, 0.1) is 18.3 Å². The van der Waals surface area contributed by atoms with Crippen molar-refractivity contribution in [2.75, 3.05) is 6.61 Å². The molecule has 3 atom stereocenters. The normalized spacial score (nSPS) is 29.9. The Balaban J connectivity index is 2.21. The molecule has 2 rings (SSSR count). The first kappa shape index (κ1) is 26.3. The lowest BCUT2D eigenvalue weighted by molar-refractivity contribution is -0.199. The first-order valence-corrected chi connectivity index (χ1v) is 17.7. The summed E-state index contributed by atoms with van der Waals surface area (Å²) in [6, 6.07) is 0. The molecular weight excluding hydrogens is 408 g/mol. The third kappa shape index (κ3) is 6.52. The van der Waals surface area contributed by atoms with Crippen LogP contribution in [0.3, 0.4) is 0 Å². The van der Waals surface area contributed by atoms with Gasteiger partial charge in [0.1, 0.15) is 0 Å². The summed E-state index contributed by atoms with van der Waals surface area (Å²) in [5.74, 6) is 0. The van der Waals surface area contributed by atoms with Gasteiger partial charge in [-0.05, 0) is 61.1 Å². The minimum atomic E-state index is -1.93. The monoisotopic (exact) mass is 456 g/mol. The van der Waals surface area contributed by atoms with Crippen molar-refractivity contribution in [3.8, 4) is 0 Å². The maximum Gasteiger partial charge on any atom is 0.192 e. The molecule has 1 saturated heterocycles. The summed E-state index contributed by atoms with van der Waals surface area (Å²) in [7, 11) is -3.87. The standard InChI is InChI=1S/C24H48O4Si2/c1-18-20(27-29(8,9)23(2,3)4)16-19(26-22-14-12-13-15-25-22)17-21(18)28-30(10,11)24(5,6)7/h19-22H,1,12-17H2,2-11H3/t20-,21-,22?/m1/s1. The quantitative estimate of drug-likeness (QED) is 0.317. The molecule has 1 heterocycles. The van der Waals surface area contributed by atoms with Crippen molar-refractivity contribution in [3.05, 3.63) is 12.2 Å². The molecule has 0 aromatic heterocycles. The van der Waals surface area contributed by atoms with Crippen LogP contribution in [0.2, 0.25) is 36.3 Å². The Labute approximate surface area is 188 Å². The van der Waals surface area contributed by atoms with Crippen LogP contribution in [0, 0.1) is 0 Å². The Morgan fingerprint density at radius 3 is 1.67 bits per heavy atom. The molecule has 0 aromatic carbocycles. The van der Waals surface area contributed by atoms with Crippen molar-refractivity contribution >= 4 is 16.6 Å². The van der Waals surface area contributed by atoms with E-state index in [-0.39, 0.29) is 34.7 Å². The summed E-state index contributed by atoms with van der Waals surface area (Å²) in [6.45, 7) is 28.3. The average Bonchev–Trinajstić information content (AvgIpc) is 2.57. The molecule has 30 heavy (non-hydrogen) atoms. The van der Waals surface area contributed by atoms with Gasteiger partial charge in [0.2, 0.25) is 0 Å². The Hall–Kier alpha value is 0.0138. The van der Waals surface area contributed by atoms with Gasteiger partial charge in [-0.15, -0.1) is 0 Å². The largest absolute Gasteiger partial charge is 0.410 e. The predicted octanol–water partition coefficient (Wildman–Crippen LogP) is 7.03. The van der Waals surface area contributed by atoms with Crippen molar-refractivity contribution in [3.63, 3.8) is 0 Å². The first-order valence-electron chi connectivity index (χ1n) is 11.8. The van der Waals surface area contributed by atoms with E-state index in [9.17, 15) is 0 Å². The van der Waals surface area contributed by atoms with Gasteiger partial charge in [0, 0.05) is 19.4 Å². The van der Waals surface area contributed by atoms with Crippen LogP contribution in [0.1, 0.15) is 73.6 Å². The Morgan fingerprint density at radius 2 is 1.30 bits per heavy atom. The third-order valence-corrected chi connectivity index (χ3v) is 16.7. The number of hydrogen-bond donors (Lipinski definition) is 0. The molecule has 176 valence electrons. The van der Waals surface area contributed by atoms with Crippen LogP contribution in [0.15, 0.2) is 12.2 Å². The highest BCUT2D eigenvalue weighted by Crippen LogP contribution is 2.43. The van der Waals surface area contributed by atoms with Crippen molar-refractivity contribution < 1.29 is 18.3 Å². The predicted molar refractivity (Wildman–Crippen MR) is 131 cm³/mol. The molecule has 0 N–H and O–H groups in total. The van der Waals surface area contributed by atoms with Crippen LogP contribution < -0.4 is 0 Å². The molecule has 4 nitrogen and oxygen atoms in total. The second-order valence-electron chi connectivity index (χ2n) is 12.3. The highest BCUT2D eigenvalue weighted by Gasteiger charge is 2.46. The van der Waals surface area contributed by atoms with E-state index in [0.29, 0.717) is 0 Å². The first-order chi connectivity index (χ1) is 13.5. The number of ether oxygens (including phenoxy) is 2. The molecule has 1 aliphatic heterocycles. The average molecular weight is 457 g/mol. The summed E-state index contributed by atoms with van der Waals surface area (Å²) in [6.07, 6.45) is 4.98. The molecule has 0 radical (unpaired) electrons. The zero-order chi connectivity index (χ0) is 23.0. The van der Waals surface area contributed by atoms with Gasteiger partial charge in [-0.3, -0.25) is 0 Å². The van der Waals surface area contributed by atoms with E-state index in [2.05, 4.69) is 74.3 Å². The minimum Gasteiger partial charge on any atom is -0.410 e. The van der Waals surface area contributed by atoms with Gasteiger partial charge in [-0.2, -0.15) is 0 Å². The van der Waals surface area contributed by atoms with Gasteiger partial charge in [-0.25, -0.2) is 0 Å². The zero-order valence-electron chi connectivity index (χ0n) is 21.4. The molecule has 1 aliphatic carbocycles. The van der Waals surface area contributed by atoms with Gasteiger partial charge in [-0.1, -0.05) is 48.1 Å². The molecule has 0 aromatic rings. The van der Waals surface area contributed by atoms with Crippen LogP contribution in [0.25, 0.3) is 0 Å². The van der Waals surface area contributed by atoms with Crippen LogP contribution >= 0.6 is 0 Å². The van der Waals surface area contributed by atoms with E-state index in [1.165, 1.54) is 6.42 Å². The van der Waals surface area contributed by atoms with Crippen LogP contribution in [-0.2, 0) is 18.3 Å². The Kier molecular flexibility index (Phi) is 8.30. The minimum absolute atomic E-state index is 0.0111. The SMILES string of the molecule is C=C1[C@H](O[Si](C)(C)C(C)(C)C)CC(OC2CCCCO2)C[C@H]1O[Si](C)(C)C(C)(C)C. The maximum absolute atomic E-state index is 6.86. The summed E-state index contributed by atoms with van der Waals surface area (Å²) >= 11 is 0. The fraction of sp³-hybridized carbons (Fsp3) is 0.917. The van der Waals surface area contributed by atoms with E-state index in [1.807, 2.05) is 0 Å². The molecule has 0 spiro atoms. The fourth-order valence-corrected chi connectivity index (χ4v) is 6.17. The van der Waals surface area contributed by atoms with Crippen LogP contribution in [0.5, 0.6) is 0 Å². The second-order valence-corrected chi connectivity index (χ2v) is 21.8. The molecule has 2 aliphatic rings. The second kappa shape index (κ2) is 9.48. The summed E-state index contributed by atoms with van der Waals surface area (Å²) in [5.41, 5.74) is 1.11. The van der Waals surface area contributed by atoms with Gasteiger partial charge >= 0.3 is 0 Å². The highest BCUT2D eigenvalue weighted by molar-refractivity contribution is 6.74. The van der Waals surface area contributed by atoms with Crippen LogP contribution in [0.4, 0.5) is 0 Å². The van der Waals surface area contributed by atoms with Crippen LogP contribution in [-0.4, -0.2) is 47.8 Å². The van der Waals surface area contributed by atoms with E-state index >= 15 is 0 Å². The highest BCUT2D eigenvalue weighted by atomic mass is 28.4. The van der Waals surface area contributed by atoms with Gasteiger partial charge in [0.25, 0.3) is 0 Å². The Morgan fingerprint density at radius 1 is 0.833 bits per heavy atom. The maximum atomic E-state index is 6.86. The smallest absolute Gasteiger partial charge is 0.192 e. The van der Waals surface area contributed by atoms with E-state index < -0.39 is 16.6 Å². The van der Waals surface area contributed by atoms with Gasteiger partial charge in [0.15, 0.2) is 22.9 Å². The number of hydrogen-bond acceptors (Lipinski definition) is 4. The van der Waals surface area contributed by atoms with E-state index in [1.54, 1.807) is 0 Å². The van der Waals surface area contributed by atoms with E-state index in [0.717, 1.165) is 37.9 Å². The van der Waals surface area contributed by atoms with E-state index in [4.69, 9.17) is 18.3 Å². The van der Waals surface area contributed by atoms with Gasteiger partial charge < -0.3 is 18.3 Å². The van der Waals surface area contributed by atoms with Crippen molar-refractivity contribution in [2.24, 2.45) is 0 Å². The molecule has 6 heteroatoms. The summed E-state index contributed by atoms with van der Waals surface area (Å²) in [4.78, 5) is 0. The topological polar surface area (TPSA) is 36.9 Å². The molecule has 2 fully saturated rings. The van der Waals surface area contributed by atoms with Crippen molar-refractivity contribution in [1.29, 1.82) is 0 Å². The summed E-state index contributed by atoms with van der Waals surface area (Å²) in [5, 5.41) is 0.312. The molecule has 0 bridgehead atoms. The molecular formula is C24H48O4Si2. The van der Waals surface area contributed by atoms with Crippen molar-refractivity contribution in [2.45, 2.75) is 135 Å². The zero-order valence-corrected chi connectivity index (χ0v) is 23.4. The Bertz CT molecular complexity index is 543. The lowest BCUT2D eigenvalue weighted by Crippen LogP contribution is -2.52. The lowest BCUT2D eigenvalue weighted by atomic mass is 9.88.